The highest BCUT2D eigenvalue weighted by molar-refractivity contribution is 6.30. The van der Waals surface area contributed by atoms with Crippen LogP contribution < -0.4 is 0 Å². The molecule has 0 aliphatic heterocycles. The van der Waals surface area contributed by atoms with Crippen molar-refractivity contribution in [1.82, 2.24) is 4.98 Å². The maximum Gasteiger partial charge on any atom is 0.0794 e. The molecule has 1 aromatic heterocycles. The Morgan fingerprint density at radius 1 is 0.516 bits per heavy atom. The van der Waals surface area contributed by atoms with Crippen molar-refractivity contribution in [2.45, 2.75) is 0 Å². The number of fused-ring (bicyclic) bond motifs is 4. The predicted octanol–water partition coefficient (Wildman–Crippen LogP) is 8.53. The van der Waals surface area contributed by atoms with Gasteiger partial charge in [0, 0.05) is 26.7 Å². The molecule has 6 aromatic rings. The molecule has 146 valence electrons. The summed E-state index contributed by atoms with van der Waals surface area (Å²) in [5.74, 6) is 0. The van der Waals surface area contributed by atoms with Gasteiger partial charge in [-0.2, -0.15) is 0 Å². The van der Waals surface area contributed by atoms with E-state index >= 15 is 0 Å². The van der Waals surface area contributed by atoms with Crippen molar-refractivity contribution < 1.29 is 0 Å². The van der Waals surface area contributed by atoms with Crippen molar-refractivity contribution in [3.05, 3.63) is 114 Å². The van der Waals surface area contributed by atoms with Crippen molar-refractivity contribution in [2.75, 3.05) is 0 Å². The molecule has 0 fully saturated rings. The summed E-state index contributed by atoms with van der Waals surface area (Å²) >= 11 is 6.16. The fraction of sp³-hybridized carbons (Fsp3) is 0. The standard InChI is InChI=1S/C29H18ClN/c30-21-17-15-20(16-18-21)23-11-6-13-26-28(23)25-10-3-4-14-27(25)31-29(26)24-12-5-8-19-7-1-2-9-22(19)24/h1-18H. The van der Waals surface area contributed by atoms with Gasteiger partial charge in [-0.15, -0.1) is 0 Å². The summed E-state index contributed by atoms with van der Waals surface area (Å²) in [6.45, 7) is 0. The molecule has 5 aromatic carbocycles. The summed E-state index contributed by atoms with van der Waals surface area (Å²) in [6.07, 6.45) is 0. The zero-order chi connectivity index (χ0) is 20.8. The summed E-state index contributed by atoms with van der Waals surface area (Å²) < 4.78 is 0. The van der Waals surface area contributed by atoms with E-state index in [4.69, 9.17) is 16.6 Å². The van der Waals surface area contributed by atoms with Gasteiger partial charge in [-0.05, 0) is 40.1 Å². The van der Waals surface area contributed by atoms with E-state index in [1.165, 1.54) is 21.7 Å². The van der Waals surface area contributed by atoms with Gasteiger partial charge >= 0.3 is 0 Å². The van der Waals surface area contributed by atoms with Gasteiger partial charge in [-0.1, -0.05) is 103 Å². The second-order valence-corrected chi connectivity index (χ2v) is 8.18. The molecule has 0 saturated carbocycles. The maximum atomic E-state index is 6.16. The lowest BCUT2D eigenvalue weighted by Gasteiger charge is -2.15. The number of para-hydroxylation sites is 1. The summed E-state index contributed by atoms with van der Waals surface area (Å²) in [5, 5.41) is 6.71. The Balaban J connectivity index is 1.78. The summed E-state index contributed by atoms with van der Waals surface area (Å²) in [7, 11) is 0. The second-order valence-electron chi connectivity index (χ2n) is 7.74. The van der Waals surface area contributed by atoms with Gasteiger partial charge in [0.2, 0.25) is 0 Å². The molecule has 0 aliphatic carbocycles. The molecule has 0 saturated heterocycles. The van der Waals surface area contributed by atoms with Gasteiger partial charge in [0.05, 0.1) is 11.2 Å². The van der Waals surface area contributed by atoms with E-state index in [9.17, 15) is 0 Å². The highest BCUT2D eigenvalue weighted by Gasteiger charge is 2.15. The van der Waals surface area contributed by atoms with Crippen LogP contribution in [0, 0.1) is 0 Å². The van der Waals surface area contributed by atoms with Gasteiger partial charge < -0.3 is 0 Å². The van der Waals surface area contributed by atoms with Crippen LogP contribution in [-0.2, 0) is 0 Å². The first-order valence-electron chi connectivity index (χ1n) is 10.4. The molecule has 31 heavy (non-hydrogen) atoms. The molecule has 0 amide bonds. The van der Waals surface area contributed by atoms with E-state index in [2.05, 4.69) is 97.1 Å². The lowest BCUT2D eigenvalue weighted by atomic mass is 9.92. The summed E-state index contributed by atoms with van der Waals surface area (Å²) in [5.41, 5.74) is 5.51. The van der Waals surface area contributed by atoms with Crippen LogP contribution in [-0.4, -0.2) is 4.98 Å². The monoisotopic (exact) mass is 415 g/mol. The number of benzene rings is 5. The van der Waals surface area contributed by atoms with E-state index in [0.29, 0.717) is 0 Å². The minimum atomic E-state index is 0.743. The second kappa shape index (κ2) is 7.23. The van der Waals surface area contributed by atoms with Gasteiger partial charge in [0.15, 0.2) is 0 Å². The van der Waals surface area contributed by atoms with Gasteiger partial charge in [0.25, 0.3) is 0 Å². The number of rotatable bonds is 2. The van der Waals surface area contributed by atoms with Crippen LogP contribution in [0.25, 0.3) is 54.8 Å². The van der Waals surface area contributed by atoms with Crippen molar-refractivity contribution >= 4 is 44.0 Å². The Morgan fingerprint density at radius 2 is 1.16 bits per heavy atom. The zero-order valence-corrected chi connectivity index (χ0v) is 17.5. The Bertz CT molecular complexity index is 1580. The highest BCUT2D eigenvalue weighted by atomic mass is 35.5. The van der Waals surface area contributed by atoms with Crippen LogP contribution in [0.4, 0.5) is 0 Å². The summed E-state index contributed by atoms with van der Waals surface area (Å²) in [6, 6.07) is 37.9. The number of nitrogens with zero attached hydrogens (tertiary/aromatic N) is 1. The molecule has 0 radical (unpaired) electrons. The molecule has 0 spiro atoms. The molecular formula is C29H18ClN. The van der Waals surface area contributed by atoms with Gasteiger partial charge in [-0.25, -0.2) is 4.98 Å². The van der Waals surface area contributed by atoms with E-state index in [-0.39, 0.29) is 0 Å². The van der Waals surface area contributed by atoms with Gasteiger partial charge in [0.1, 0.15) is 0 Å². The van der Waals surface area contributed by atoms with Crippen LogP contribution in [0.5, 0.6) is 0 Å². The van der Waals surface area contributed by atoms with Crippen molar-refractivity contribution in [3.63, 3.8) is 0 Å². The molecule has 0 atom stereocenters. The Morgan fingerprint density at radius 3 is 2.03 bits per heavy atom. The van der Waals surface area contributed by atoms with E-state index in [1.54, 1.807) is 0 Å². The molecule has 1 nitrogen and oxygen atoms in total. The fourth-order valence-electron chi connectivity index (χ4n) is 4.51. The SMILES string of the molecule is Clc1ccc(-c2cccc3c(-c4cccc5ccccc45)nc4ccccc4c23)cc1. The number of aromatic nitrogens is 1. The average Bonchev–Trinajstić information content (AvgIpc) is 2.83. The fourth-order valence-corrected chi connectivity index (χ4v) is 4.64. The number of hydrogen-bond donors (Lipinski definition) is 0. The third kappa shape index (κ3) is 2.98. The van der Waals surface area contributed by atoms with E-state index < -0.39 is 0 Å². The molecule has 0 bridgehead atoms. The minimum Gasteiger partial charge on any atom is -0.247 e. The molecule has 0 N–H and O–H groups in total. The Hall–Kier alpha value is -3.68. The van der Waals surface area contributed by atoms with Crippen LogP contribution in [0.15, 0.2) is 109 Å². The largest absolute Gasteiger partial charge is 0.247 e. The van der Waals surface area contributed by atoms with Crippen LogP contribution in [0.1, 0.15) is 0 Å². The Kier molecular flexibility index (Phi) is 4.22. The van der Waals surface area contributed by atoms with Crippen LogP contribution in [0.2, 0.25) is 5.02 Å². The third-order valence-electron chi connectivity index (χ3n) is 5.93. The van der Waals surface area contributed by atoms with E-state index in [0.717, 1.165) is 38.1 Å². The highest BCUT2D eigenvalue weighted by Crippen LogP contribution is 2.40. The average molecular weight is 416 g/mol. The van der Waals surface area contributed by atoms with Gasteiger partial charge in [-0.3, -0.25) is 0 Å². The Labute approximate surface area is 185 Å². The molecule has 2 heteroatoms. The first-order valence-corrected chi connectivity index (χ1v) is 10.7. The quantitative estimate of drug-likeness (QED) is 0.258. The number of halogens is 1. The van der Waals surface area contributed by atoms with Crippen LogP contribution in [0.3, 0.4) is 0 Å². The molecule has 0 aliphatic rings. The smallest absolute Gasteiger partial charge is 0.0794 e. The number of hydrogen-bond acceptors (Lipinski definition) is 1. The maximum absolute atomic E-state index is 6.16. The zero-order valence-electron chi connectivity index (χ0n) is 16.7. The van der Waals surface area contributed by atoms with Crippen LogP contribution >= 0.6 is 11.6 Å². The van der Waals surface area contributed by atoms with Crippen molar-refractivity contribution in [2.24, 2.45) is 0 Å². The normalized spacial score (nSPS) is 11.4. The topological polar surface area (TPSA) is 12.9 Å². The third-order valence-corrected chi connectivity index (χ3v) is 6.18. The van der Waals surface area contributed by atoms with Crippen molar-refractivity contribution in [1.29, 1.82) is 0 Å². The first kappa shape index (κ1) is 18.1. The molecular weight excluding hydrogens is 398 g/mol. The predicted molar refractivity (Wildman–Crippen MR) is 133 cm³/mol. The lowest BCUT2D eigenvalue weighted by Crippen LogP contribution is -1.92. The van der Waals surface area contributed by atoms with E-state index in [1.807, 2.05) is 12.1 Å². The van der Waals surface area contributed by atoms with Crippen molar-refractivity contribution in [3.8, 4) is 22.4 Å². The lowest BCUT2D eigenvalue weighted by molar-refractivity contribution is 1.44. The minimum absolute atomic E-state index is 0.743. The molecule has 0 unspecified atom stereocenters. The first-order chi connectivity index (χ1) is 15.3. The molecule has 6 rings (SSSR count). The molecule has 1 heterocycles. The summed E-state index contributed by atoms with van der Waals surface area (Å²) in [4.78, 5) is 5.15. The number of pyridine rings is 1.